The first-order valence-electron chi connectivity index (χ1n) is 4.32. The fourth-order valence-electron chi connectivity index (χ4n) is 1.23. The normalized spacial score (nSPS) is 14.6. The smallest absolute Gasteiger partial charge is 0.320 e. The zero-order chi connectivity index (χ0) is 11.4. The molecular formula is C9H12N2O4. The van der Waals surface area contributed by atoms with E-state index in [1.54, 1.807) is 18.2 Å². The van der Waals surface area contributed by atoms with Gasteiger partial charge in [-0.05, 0) is 0 Å². The predicted molar refractivity (Wildman–Crippen MR) is 51.5 cm³/mol. The van der Waals surface area contributed by atoms with Crippen molar-refractivity contribution in [1.29, 1.82) is 0 Å². The zero-order valence-electron chi connectivity index (χ0n) is 7.88. The molecule has 15 heavy (non-hydrogen) atoms. The average molecular weight is 212 g/mol. The van der Waals surface area contributed by atoms with E-state index in [0.717, 1.165) is 0 Å². The summed E-state index contributed by atoms with van der Waals surface area (Å²) >= 11 is 0. The zero-order valence-corrected chi connectivity index (χ0v) is 7.88. The summed E-state index contributed by atoms with van der Waals surface area (Å²) in [4.78, 5) is 10.5. The molecule has 1 aromatic rings. The van der Waals surface area contributed by atoms with Gasteiger partial charge < -0.3 is 16.0 Å². The summed E-state index contributed by atoms with van der Waals surface area (Å²) in [6.07, 6.45) is 0.0117. The molecule has 0 saturated heterocycles. The fourth-order valence-corrected chi connectivity index (χ4v) is 1.23. The van der Waals surface area contributed by atoms with Crippen molar-refractivity contribution in [2.24, 2.45) is 5.73 Å². The van der Waals surface area contributed by atoms with Crippen LogP contribution in [0.5, 0.6) is 0 Å². The van der Waals surface area contributed by atoms with Crippen LogP contribution in [0.4, 0.5) is 5.69 Å². The van der Waals surface area contributed by atoms with Crippen LogP contribution in [-0.2, 0) is 11.2 Å². The van der Waals surface area contributed by atoms with E-state index >= 15 is 0 Å². The van der Waals surface area contributed by atoms with E-state index < -0.39 is 17.2 Å². The number of carboxylic acids is 1. The van der Waals surface area contributed by atoms with E-state index in [0.29, 0.717) is 5.56 Å². The maximum Gasteiger partial charge on any atom is 0.320 e. The molecule has 0 aromatic heterocycles. The molecule has 82 valence electrons. The molecule has 0 aliphatic carbocycles. The number of rotatable bonds is 4. The Kier molecular flexibility index (Phi) is 3.75. The molecule has 1 unspecified atom stereocenters. The third-order valence-electron chi connectivity index (χ3n) is 2.00. The first kappa shape index (κ1) is 11.6. The van der Waals surface area contributed by atoms with Gasteiger partial charge in [0.2, 0.25) is 0 Å². The highest BCUT2D eigenvalue weighted by Crippen LogP contribution is 2.11. The molecule has 0 heterocycles. The van der Waals surface area contributed by atoms with Gasteiger partial charge >= 0.3 is 5.97 Å². The molecule has 1 rings (SSSR count). The van der Waals surface area contributed by atoms with Crippen molar-refractivity contribution in [3.8, 4) is 0 Å². The van der Waals surface area contributed by atoms with E-state index in [9.17, 15) is 10.0 Å². The second-order valence-corrected chi connectivity index (χ2v) is 3.11. The van der Waals surface area contributed by atoms with Gasteiger partial charge in [-0.25, -0.2) is 5.21 Å². The molecule has 6 heteroatoms. The lowest BCUT2D eigenvalue weighted by atomic mass is 10.0. The highest BCUT2D eigenvalue weighted by molar-refractivity contribution is 5.73. The Morgan fingerprint density at radius 2 is 2.13 bits per heavy atom. The Bertz CT molecular complexity index is 354. The lowest BCUT2D eigenvalue weighted by Gasteiger charge is -2.16. The number of benzene rings is 1. The number of hydrogen-bond acceptors (Lipinski definition) is 4. The van der Waals surface area contributed by atoms with Gasteiger partial charge in [0.25, 0.3) is 0 Å². The third-order valence-corrected chi connectivity index (χ3v) is 2.00. The fraction of sp³-hybridized carbons (Fsp3) is 0.222. The van der Waals surface area contributed by atoms with Crippen LogP contribution < -0.4 is 11.0 Å². The number of aliphatic carboxylic acids is 1. The van der Waals surface area contributed by atoms with Crippen LogP contribution in [0.3, 0.4) is 0 Å². The van der Waals surface area contributed by atoms with Crippen molar-refractivity contribution in [3.63, 3.8) is 0 Å². The van der Waals surface area contributed by atoms with Crippen LogP contribution in [0.2, 0.25) is 0 Å². The molecule has 0 aliphatic heterocycles. The Labute approximate surface area is 86.1 Å². The number of carboxylic acid groups (broad SMARTS) is 1. The maximum absolute atomic E-state index is 10.8. The van der Waals surface area contributed by atoms with Crippen LogP contribution in [0.1, 0.15) is 5.56 Å². The second-order valence-electron chi connectivity index (χ2n) is 3.11. The second kappa shape index (κ2) is 4.85. The van der Waals surface area contributed by atoms with Gasteiger partial charge in [-0.15, -0.1) is 0 Å². The quantitative estimate of drug-likeness (QED) is 0.480. The molecule has 1 aromatic carbocycles. The van der Waals surface area contributed by atoms with Gasteiger partial charge in [0.1, 0.15) is 6.04 Å². The third kappa shape index (κ3) is 3.00. The number of para-hydroxylation sites is 1. The summed E-state index contributed by atoms with van der Waals surface area (Å²) in [5.74, 6) is -1.14. The summed E-state index contributed by atoms with van der Waals surface area (Å²) in [7, 11) is 0. The monoisotopic (exact) mass is 212 g/mol. The molecule has 0 radical (unpaired) electrons. The van der Waals surface area contributed by atoms with Crippen molar-refractivity contribution in [2.75, 3.05) is 0 Å². The van der Waals surface area contributed by atoms with Crippen molar-refractivity contribution in [2.45, 2.75) is 12.5 Å². The number of carbonyl (C=O) groups is 1. The standard InChI is InChI=1S/C9H12N2O4/c10-7(9(12)13)5-6-3-1-2-4-8(6)11(14)15/h1-4,7,11,14H,5,10H2,(H,12,13)/t7-/m0/s1. The summed E-state index contributed by atoms with van der Waals surface area (Å²) in [6.45, 7) is 0. The number of nitrogens with two attached hydrogens (primary N) is 1. The number of quaternary nitrogens is 1. The van der Waals surface area contributed by atoms with E-state index in [-0.39, 0.29) is 12.1 Å². The van der Waals surface area contributed by atoms with Crippen molar-refractivity contribution in [1.82, 2.24) is 0 Å². The van der Waals surface area contributed by atoms with Crippen LogP contribution in [0.15, 0.2) is 24.3 Å². The van der Waals surface area contributed by atoms with Crippen LogP contribution in [0, 0.1) is 5.21 Å². The molecule has 0 bridgehead atoms. The van der Waals surface area contributed by atoms with Gasteiger partial charge in [-0.1, -0.05) is 18.2 Å². The van der Waals surface area contributed by atoms with Crippen LogP contribution in [0.25, 0.3) is 0 Å². The Morgan fingerprint density at radius 3 is 2.67 bits per heavy atom. The number of hydrogen-bond donors (Lipinski definition) is 4. The first-order valence-corrected chi connectivity index (χ1v) is 4.32. The maximum atomic E-state index is 10.8. The van der Waals surface area contributed by atoms with E-state index in [4.69, 9.17) is 16.0 Å². The molecule has 6 nitrogen and oxygen atoms in total. The Hall–Kier alpha value is -1.47. The van der Waals surface area contributed by atoms with E-state index in [1.165, 1.54) is 6.07 Å². The summed E-state index contributed by atoms with van der Waals surface area (Å²) in [6, 6.07) is 5.14. The molecule has 0 spiro atoms. The van der Waals surface area contributed by atoms with Gasteiger partial charge in [0.15, 0.2) is 5.69 Å². The van der Waals surface area contributed by atoms with Gasteiger partial charge in [0, 0.05) is 18.1 Å². The molecule has 0 amide bonds. The van der Waals surface area contributed by atoms with E-state index in [1.807, 2.05) is 0 Å². The first-order chi connectivity index (χ1) is 7.02. The highest BCUT2D eigenvalue weighted by atomic mass is 16.8. The van der Waals surface area contributed by atoms with E-state index in [2.05, 4.69) is 0 Å². The predicted octanol–water partition coefficient (Wildman–Crippen LogP) is -0.956. The SMILES string of the molecule is N[C@@H](Cc1ccccc1[NH+]([O-])O)C(=O)O. The summed E-state index contributed by atoms with van der Waals surface area (Å²) in [5.41, 5.74) is 5.85. The Morgan fingerprint density at radius 1 is 1.53 bits per heavy atom. The van der Waals surface area contributed by atoms with Gasteiger partial charge in [0.05, 0.1) is 0 Å². The lowest BCUT2D eigenvalue weighted by Crippen LogP contribution is -2.99. The summed E-state index contributed by atoms with van der Waals surface area (Å²) in [5, 5.41) is 27.1. The topological polar surface area (TPSA) is 111 Å². The van der Waals surface area contributed by atoms with Gasteiger partial charge in [-0.2, -0.15) is 5.23 Å². The molecular weight excluding hydrogens is 200 g/mol. The molecule has 2 atom stereocenters. The average Bonchev–Trinajstić information content (AvgIpc) is 2.18. The van der Waals surface area contributed by atoms with Crippen molar-refractivity contribution < 1.29 is 20.3 Å². The van der Waals surface area contributed by atoms with Crippen molar-refractivity contribution >= 4 is 11.7 Å². The largest absolute Gasteiger partial charge is 0.595 e. The molecule has 0 saturated carbocycles. The minimum Gasteiger partial charge on any atom is -0.595 e. The Balaban J connectivity index is 2.89. The number of nitrogens with one attached hydrogen (secondary N) is 1. The molecule has 0 aliphatic rings. The minimum atomic E-state index is -1.14. The minimum absolute atomic E-state index is 0.0117. The van der Waals surface area contributed by atoms with Gasteiger partial charge in [-0.3, -0.25) is 4.79 Å². The molecule has 5 N–H and O–H groups in total. The van der Waals surface area contributed by atoms with Crippen LogP contribution in [-0.4, -0.2) is 22.3 Å². The molecule has 0 fully saturated rings. The van der Waals surface area contributed by atoms with Crippen molar-refractivity contribution in [3.05, 3.63) is 35.0 Å². The van der Waals surface area contributed by atoms with Crippen LogP contribution >= 0.6 is 0 Å². The highest BCUT2D eigenvalue weighted by Gasteiger charge is 2.16. The lowest BCUT2D eigenvalue weighted by molar-refractivity contribution is -0.991. The summed E-state index contributed by atoms with van der Waals surface area (Å²) < 4.78 is 0.